The van der Waals surface area contributed by atoms with Crippen molar-refractivity contribution in [3.63, 3.8) is 0 Å². The predicted molar refractivity (Wildman–Crippen MR) is 96.9 cm³/mol. The lowest BCUT2D eigenvalue weighted by Gasteiger charge is -2.10. The van der Waals surface area contributed by atoms with Gasteiger partial charge < -0.3 is 9.13 Å². The summed E-state index contributed by atoms with van der Waals surface area (Å²) < 4.78 is 3.03. The van der Waals surface area contributed by atoms with Crippen LogP contribution in [0.4, 0.5) is 5.69 Å². The van der Waals surface area contributed by atoms with Crippen molar-refractivity contribution in [2.24, 2.45) is 0 Å². The Balaban J connectivity index is 1.96. The molecule has 26 heavy (non-hydrogen) atoms. The molecule has 0 saturated heterocycles. The molecular formula is C19H17N3O4. The highest BCUT2D eigenvalue weighted by molar-refractivity contribution is 5.97. The number of carbonyl (C=O) groups excluding carboxylic acids is 1. The Morgan fingerprint density at radius 1 is 1.12 bits per heavy atom. The van der Waals surface area contributed by atoms with Crippen molar-refractivity contribution < 1.29 is 9.72 Å². The summed E-state index contributed by atoms with van der Waals surface area (Å²) in [4.78, 5) is 34.9. The average molecular weight is 351 g/mol. The topological polar surface area (TPSA) is 87.1 Å². The molecule has 3 rings (SSSR count). The van der Waals surface area contributed by atoms with Crippen LogP contribution in [-0.4, -0.2) is 19.8 Å². The molecule has 0 saturated carbocycles. The third kappa shape index (κ3) is 3.19. The zero-order valence-electron chi connectivity index (χ0n) is 14.4. The van der Waals surface area contributed by atoms with Crippen molar-refractivity contribution in [1.29, 1.82) is 0 Å². The number of Topliss-reactive ketones (excluding diaryl/α,β-unsaturated/α-hetero) is 1. The maximum Gasteiger partial charge on any atom is 0.285 e. The molecule has 0 bridgehead atoms. The van der Waals surface area contributed by atoms with Gasteiger partial charge in [-0.25, -0.2) is 0 Å². The van der Waals surface area contributed by atoms with E-state index in [1.165, 1.54) is 0 Å². The summed E-state index contributed by atoms with van der Waals surface area (Å²) in [6.45, 7) is 3.49. The van der Waals surface area contributed by atoms with Gasteiger partial charge in [-0.2, -0.15) is 0 Å². The first-order chi connectivity index (χ1) is 12.4. The second kappa shape index (κ2) is 6.79. The number of rotatable bonds is 5. The molecule has 0 unspecified atom stereocenters. The number of aryl methyl sites for hydroxylation is 1. The van der Waals surface area contributed by atoms with E-state index in [2.05, 4.69) is 0 Å². The standard InChI is InChI=1S/C19H17N3O4/c1-13-10-17(14(2)21(13)15-6-4-3-5-7-15)18(23)12-20-11-16(22(25)26)8-9-19(20)24/h3-11H,12H2,1-2H3. The van der Waals surface area contributed by atoms with Gasteiger partial charge in [0.25, 0.3) is 11.2 Å². The lowest BCUT2D eigenvalue weighted by atomic mass is 10.1. The van der Waals surface area contributed by atoms with Crippen LogP contribution in [0.1, 0.15) is 21.7 Å². The fourth-order valence-electron chi connectivity index (χ4n) is 3.01. The molecule has 0 atom stereocenters. The van der Waals surface area contributed by atoms with E-state index >= 15 is 0 Å². The number of para-hydroxylation sites is 1. The smallest absolute Gasteiger partial charge is 0.285 e. The summed E-state index contributed by atoms with van der Waals surface area (Å²) in [5, 5.41) is 10.9. The molecule has 132 valence electrons. The maximum atomic E-state index is 12.7. The summed E-state index contributed by atoms with van der Waals surface area (Å²) in [6.07, 6.45) is 1.09. The highest BCUT2D eigenvalue weighted by Gasteiger charge is 2.18. The van der Waals surface area contributed by atoms with Crippen LogP contribution in [-0.2, 0) is 6.54 Å². The highest BCUT2D eigenvalue weighted by Crippen LogP contribution is 2.21. The summed E-state index contributed by atoms with van der Waals surface area (Å²) >= 11 is 0. The molecule has 0 aliphatic rings. The van der Waals surface area contributed by atoms with Gasteiger partial charge in [-0.05, 0) is 32.0 Å². The van der Waals surface area contributed by atoms with Gasteiger partial charge in [0, 0.05) is 34.8 Å². The Morgan fingerprint density at radius 3 is 2.46 bits per heavy atom. The number of benzene rings is 1. The van der Waals surface area contributed by atoms with Gasteiger partial charge in [-0.3, -0.25) is 19.7 Å². The van der Waals surface area contributed by atoms with Gasteiger partial charge >= 0.3 is 0 Å². The summed E-state index contributed by atoms with van der Waals surface area (Å²) in [7, 11) is 0. The number of hydrogen-bond donors (Lipinski definition) is 0. The van der Waals surface area contributed by atoms with Crippen LogP contribution >= 0.6 is 0 Å². The Kier molecular flexibility index (Phi) is 4.53. The van der Waals surface area contributed by atoms with E-state index in [0.717, 1.165) is 40.0 Å². The Bertz CT molecular complexity index is 1050. The largest absolute Gasteiger partial charge is 0.318 e. The van der Waals surface area contributed by atoms with E-state index in [1.54, 1.807) is 6.07 Å². The first-order valence-corrected chi connectivity index (χ1v) is 8.01. The average Bonchev–Trinajstić information content (AvgIpc) is 2.92. The monoisotopic (exact) mass is 351 g/mol. The number of carbonyl (C=O) groups is 1. The number of aromatic nitrogens is 2. The van der Waals surface area contributed by atoms with Gasteiger partial charge in [-0.15, -0.1) is 0 Å². The molecule has 0 aliphatic heterocycles. The van der Waals surface area contributed by atoms with Gasteiger partial charge in [0.1, 0.15) is 0 Å². The third-order valence-electron chi connectivity index (χ3n) is 4.24. The van der Waals surface area contributed by atoms with Gasteiger partial charge in [0.05, 0.1) is 17.7 Å². The maximum absolute atomic E-state index is 12.7. The molecule has 0 amide bonds. The van der Waals surface area contributed by atoms with E-state index in [1.807, 2.05) is 48.7 Å². The molecule has 0 fully saturated rings. The molecule has 0 aliphatic carbocycles. The molecule has 0 spiro atoms. The van der Waals surface area contributed by atoms with E-state index in [4.69, 9.17) is 0 Å². The van der Waals surface area contributed by atoms with Gasteiger partial charge in [0.15, 0.2) is 5.78 Å². The summed E-state index contributed by atoms with van der Waals surface area (Å²) in [5.41, 5.74) is 2.40. The van der Waals surface area contributed by atoms with Crippen LogP contribution in [0.3, 0.4) is 0 Å². The van der Waals surface area contributed by atoms with Gasteiger partial charge in [-0.1, -0.05) is 18.2 Å². The van der Waals surface area contributed by atoms with E-state index in [-0.39, 0.29) is 18.0 Å². The van der Waals surface area contributed by atoms with Crippen molar-refractivity contribution in [1.82, 2.24) is 9.13 Å². The van der Waals surface area contributed by atoms with Crippen molar-refractivity contribution in [3.8, 4) is 5.69 Å². The molecular weight excluding hydrogens is 334 g/mol. The van der Waals surface area contributed by atoms with E-state index < -0.39 is 10.5 Å². The quantitative estimate of drug-likeness (QED) is 0.401. The lowest BCUT2D eigenvalue weighted by molar-refractivity contribution is -0.385. The van der Waals surface area contributed by atoms with Crippen molar-refractivity contribution in [2.45, 2.75) is 20.4 Å². The Morgan fingerprint density at radius 2 is 1.81 bits per heavy atom. The summed E-state index contributed by atoms with van der Waals surface area (Å²) in [6, 6.07) is 13.6. The van der Waals surface area contributed by atoms with Crippen LogP contribution in [0.15, 0.2) is 59.5 Å². The molecule has 7 heteroatoms. The third-order valence-corrected chi connectivity index (χ3v) is 4.24. The minimum atomic E-state index is -0.596. The van der Waals surface area contributed by atoms with E-state index in [9.17, 15) is 19.7 Å². The van der Waals surface area contributed by atoms with Gasteiger partial charge in [0.2, 0.25) is 0 Å². The second-order valence-corrected chi connectivity index (χ2v) is 5.99. The minimum absolute atomic E-state index is 0.229. The van der Waals surface area contributed by atoms with Crippen LogP contribution in [0, 0.1) is 24.0 Å². The van der Waals surface area contributed by atoms with Crippen LogP contribution in [0.25, 0.3) is 5.69 Å². The first-order valence-electron chi connectivity index (χ1n) is 8.01. The SMILES string of the molecule is Cc1cc(C(=O)Cn2cc([N+](=O)[O-])ccc2=O)c(C)n1-c1ccccc1. The molecule has 7 nitrogen and oxygen atoms in total. The highest BCUT2D eigenvalue weighted by atomic mass is 16.6. The lowest BCUT2D eigenvalue weighted by Crippen LogP contribution is -2.23. The number of nitro groups is 1. The number of ketones is 1. The van der Waals surface area contributed by atoms with Crippen molar-refractivity contribution >= 4 is 11.5 Å². The number of pyridine rings is 1. The Hall–Kier alpha value is -3.48. The minimum Gasteiger partial charge on any atom is -0.318 e. The van der Waals surface area contributed by atoms with Crippen LogP contribution in [0.2, 0.25) is 0 Å². The Labute approximate surface area is 149 Å². The molecule has 2 heterocycles. The number of hydrogen-bond acceptors (Lipinski definition) is 4. The molecule has 2 aromatic heterocycles. The predicted octanol–water partition coefficient (Wildman–Crippen LogP) is 3.05. The fraction of sp³-hybridized carbons (Fsp3) is 0.158. The second-order valence-electron chi connectivity index (χ2n) is 5.99. The zero-order chi connectivity index (χ0) is 18.8. The molecule has 0 radical (unpaired) electrons. The fourth-order valence-corrected chi connectivity index (χ4v) is 3.01. The van der Waals surface area contributed by atoms with Crippen LogP contribution < -0.4 is 5.56 Å². The number of nitrogens with zero attached hydrogens (tertiary/aromatic N) is 3. The van der Waals surface area contributed by atoms with Crippen molar-refractivity contribution in [3.05, 3.63) is 92.1 Å². The first kappa shape index (κ1) is 17.3. The zero-order valence-corrected chi connectivity index (χ0v) is 14.4. The normalized spacial score (nSPS) is 10.7. The molecule has 0 N–H and O–H groups in total. The van der Waals surface area contributed by atoms with Crippen LogP contribution in [0.5, 0.6) is 0 Å². The van der Waals surface area contributed by atoms with Crippen molar-refractivity contribution in [2.75, 3.05) is 0 Å². The molecule has 1 aromatic carbocycles. The summed E-state index contributed by atoms with van der Waals surface area (Å²) in [5.74, 6) is -0.275. The van der Waals surface area contributed by atoms with E-state index in [0.29, 0.717) is 5.56 Å². The molecule has 3 aromatic rings.